The predicted octanol–water partition coefficient (Wildman–Crippen LogP) is 11.3. The molecule has 1 aliphatic rings. The maximum atomic E-state index is 6.74. The molecule has 0 saturated heterocycles. The number of rotatable bonds is 12. The SMILES string of the molecule is CCCCCCCC1CCC(c2ccc(-c3ccc(-c4ccc(OCC(C)Cl)cc4)c(Cl)c3)cc2)CC1. The molecule has 0 heterocycles. The van der Waals surface area contributed by atoms with Crippen molar-refractivity contribution in [3.05, 3.63) is 77.3 Å². The van der Waals surface area contributed by atoms with Gasteiger partial charge in [0.2, 0.25) is 0 Å². The van der Waals surface area contributed by atoms with Gasteiger partial charge in [0.1, 0.15) is 12.4 Å². The van der Waals surface area contributed by atoms with Crippen LogP contribution < -0.4 is 4.74 Å². The molecule has 0 spiro atoms. The van der Waals surface area contributed by atoms with E-state index in [1.54, 1.807) is 0 Å². The molecule has 1 fully saturated rings. The molecule has 1 aliphatic carbocycles. The standard InChI is InChI=1S/C34H42Cl2O/c1-3-4-5-6-7-8-26-9-11-27(12-10-26)28-13-15-29(16-14-28)31-19-22-33(34(36)23-31)30-17-20-32(21-18-30)37-24-25(2)35/h13-23,25-27H,3-12,24H2,1-2H3. The molecule has 0 amide bonds. The van der Waals surface area contributed by atoms with E-state index in [4.69, 9.17) is 27.9 Å². The zero-order valence-electron chi connectivity index (χ0n) is 22.5. The Morgan fingerprint density at radius 2 is 1.43 bits per heavy atom. The summed E-state index contributed by atoms with van der Waals surface area (Å²) in [5.41, 5.74) is 5.98. The van der Waals surface area contributed by atoms with Crippen molar-refractivity contribution in [2.45, 2.75) is 89.4 Å². The highest BCUT2D eigenvalue weighted by Gasteiger charge is 2.22. The van der Waals surface area contributed by atoms with Crippen molar-refractivity contribution >= 4 is 23.2 Å². The second-order valence-corrected chi connectivity index (χ2v) is 12.0. The third kappa shape index (κ3) is 8.26. The van der Waals surface area contributed by atoms with Gasteiger partial charge in [0.05, 0.1) is 5.38 Å². The molecule has 3 aromatic rings. The Bertz CT molecular complexity index is 1080. The quantitative estimate of drug-likeness (QED) is 0.165. The first kappa shape index (κ1) is 28.1. The van der Waals surface area contributed by atoms with Gasteiger partial charge in [0.25, 0.3) is 0 Å². The molecule has 1 saturated carbocycles. The Kier molecular flexibility index (Phi) is 10.8. The number of benzene rings is 3. The van der Waals surface area contributed by atoms with Crippen LogP contribution in [0.25, 0.3) is 22.3 Å². The van der Waals surface area contributed by atoms with Gasteiger partial charge in [0.15, 0.2) is 0 Å². The average molecular weight is 538 g/mol. The van der Waals surface area contributed by atoms with Crippen molar-refractivity contribution < 1.29 is 4.74 Å². The Labute approximate surface area is 234 Å². The topological polar surface area (TPSA) is 9.23 Å². The first-order valence-corrected chi connectivity index (χ1v) is 15.1. The highest BCUT2D eigenvalue weighted by atomic mass is 35.5. The third-order valence-corrected chi connectivity index (χ3v) is 8.33. The van der Waals surface area contributed by atoms with Crippen LogP contribution in [0.4, 0.5) is 0 Å². The summed E-state index contributed by atoms with van der Waals surface area (Å²) in [7, 11) is 0. The van der Waals surface area contributed by atoms with Crippen LogP contribution in [0.15, 0.2) is 66.7 Å². The summed E-state index contributed by atoms with van der Waals surface area (Å²) in [4.78, 5) is 0. The number of unbranched alkanes of at least 4 members (excludes halogenated alkanes) is 4. The fourth-order valence-corrected chi connectivity index (χ4v) is 5.99. The van der Waals surface area contributed by atoms with Crippen LogP contribution in [0.2, 0.25) is 5.02 Å². The molecule has 1 atom stereocenters. The van der Waals surface area contributed by atoms with Crippen LogP contribution in [0.3, 0.4) is 0 Å². The summed E-state index contributed by atoms with van der Waals surface area (Å²) in [6, 6.07) is 23.6. The molecule has 3 heteroatoms. The van der Waals surface area contributed by atoms with Crippen LogP contribution in [-0.2, 0) is 0 Å². The zero-order chi connectivity index (χ0) is 26.0. The number of halogens is 2. The Balaban J connectivity index is 1.32. The van der Waals surface area contributed by atoms with Gasteiger partial charge in [-0.2, -0.15) is 0 Å². The summed E-state index contributed by atoms with van der Waals surface area (Å²) >= 11 is 12.7. The highest BCUT2D eigenvalue weighted by Crippen LogP contribution is 2.39. The lowest BCUT2D eigenvalue weighted by molar-refractivity contribution is 0.302. The van der Waals surface area contributed by atoms with Crippen LogP contribution in [0.1, 0.15) is 89.5 Å². The average Bonchev–Trinajstić information content (AvgIpc) is 2.92. The van der Waals surface area contributed by atoms with E-state index in [0.29, 0.717) is 6.61 Å². The highest BCUT2D eigenvalue weighted by molar-refractivity contribution is 6.33. The van der Waals surface area contributed by atoms with E-state index in [1.165, 1.54) is 75.3 Å². The second kappa shape index (κ2) is 14.3. The Morgan fingerprint density at radius 3 is 2.08 bits per heavy atom. The van der Waals surface area contributed by atoms with E-state index >= 15 is 0 Å². The van der Waals surface area contributed by atoms with E-state index in [-0.39, 0.29) is 5.38 Å². The molecule has 1 nitrogen and oxygen atoms in total. The van der Waals surface area contributed by atoms with Gasteiger partial charge in [-0.25, -0.2) is 0 Å². The first-order chi connectivity index (χ1) is 18.0. The molecule has 4 rings (SSSR count). The lowest BCUT2D eigenvalue weighted by atomic mass is 9.77. The molecule has 198 valence electrons. The van der Waals surface area contributed by atoms with Crippen LogP contribution >= 0.6 is 23.2 Å². The van der Waals surface area contributed by atoms with Crippen LogP contribution in [-0.4, -0.2) is 12.0 Å². The lowest BCUT2D eigenvalue weighted by Crippen LogP contribution is -2.13. The molecular weight excluding hydrogens is 495 g/mol. The largest absolute Gasteiger partial charge is 0.492 e. The molecule has 0 N–H and O–H groups in total. The Hall–Kier alpha value is -1.96. The molecule has 0 radical (unpaired) electrons. The predicted molar refractivity (Wildman–Crippen MR) is 161 cm³/mol. The minimum absolute atomic E-state index is 0.0133. The van der Waals surface area contributed by atoms with E-state index in [0.717, 1.165) is 39.3 Å². The monoisotopic (exact) mass is 536 g/mol. The molecule has 1 unspecified atom stereocenters. The van der Waals surface area contributed by atoms with Gasteiger partial charge in [-0.15, -0.1) is 11.6 Å². The summed E-state index contributed by atoms with van der Waals surface area (Å²) in [6.07, 6.45) is 13.9. The number of hydrogen-bond acceptors (Lipinski definition) is 1. The zero-order valence-corrected chi connectivity index (χ0v) is 24.0. The molecule has 0 aromatic heterocycles. The number of hydrogen-bond donors (Lipinski definition) is 0. The molecule has 3 aromatic carbocycles. The third-order valence-electron chi connectivity index (χ3n) is 7.89. The summed E-state index contributed by atoms with van der Waals surface area (Å²) in [5.74, 6) is 2.49. The van der Waals surface area contributed by atoms with Crippen molar-refractivity contribution in [2.24, 2.45) is 5.92 Å². The minimum Gasteiger partial charge on any atom is -0.492 e. The molecule has 0 aliphatic heterocycles. The summed E-state index contributed by atoms with van der Waals surface area (Å²) in [5, 5.41) is 0.748. The van der Waals surface area contributed by atoms with Crippen molar-refractivity contribution in [3.8, 4) is 28.0 Å². The summed E-state index contributed by atoms with van der Waals surface area (Å²) in [6.45, 7) is 4.71. The smallest absolute Gasteiger partial charge is 0.119 e. The number of ether oxygens (including phenoxy) is 1. The summed E-state index contributed by atoms with van der Waals surface area (Å²) < 4.78 is 5.69. The van der Waals surface area contributed by atoms with Crippen molar-refractivity contribution in [1.82, 2.24) is 0 Å². The Morgan fingerprint density at radius 1 is 0.784 bits per heavy atom. The fourth-order valence-electron chi connectivity index (χ4n) is 5.64. The van der Waals surface area contributed by atoms with E-state index < -0.39 is 0 Å². The molecular formula is C34H42Cl2O. The lowest BCUT2D eigenvalue weighted by Gasteiger charge is -2.29. The van der Waals surface area contributed by atoms with Crippen molar-refractivity contribution in [1.29, 1.82) is 0 Å². The minimum atomic E-state index is -0.0133. The molecule has 0 bridgehead atoms. The first-order valence-electron chi connectivity index (χ1n) is 14.3. The van der Waals surface area contributed by atoms with Gasteiger partial charge in [-0.3, -0.25) is 0 Å². The van der Waals surface area contributed by atoms with Gasteiger partial charge < -0.3 is 4.74 Å². The van der Waals surface area contributed by atoms with E-state index in [9.17, 15) is 0 Å². The number of alkyl halides is 1. The maximum Gasteiger partial charge on any atom is 0.119 e. The van der Waals surface area contributed by atoms with Gasteiger partial charge in [-0.05, 0) is 84.9 Å². The van der Waals surface area contributed by atoms with Crippen molar-refractivity contribution in [3.63, 3.8) is 0 Å². The second-order valence-electron chi connectivity index (χ2n) is 10.9. The van der Waals surface area contributed by atoms with E-state index in [1.807, 2.05) is 31.2 Å². The van der Waals surface area contributed by atoms with Gasteiger partial charge >= 0.3 is 0 Å². The van der Waals surface area contributed by atoms with Gasteiger partial charge in [0, 0.05) is 10.6 Å². The van der Waals surface area contributed by atoms with Crippen molar-refractivity contribution in [2.75, 3.05) is 6.61 Å². The normalized spacial score (nSPS) is 18.5. The van der Waals surface area contributed by atoms with Gasteiger partial charge in [-0.1, -0.05) is 106 Å². The van der Waals surface area contributed by atoms with Crippen LogP contribution in [0.5, 0.6) is 5.75 Å². The molecule has 37 heavy (non-hydrogen) atoms. The fraction of sp³-hybridized carbons (Fsp3) is 0.471. The van der Waals surface area contributed by atoms with Crippen LogP contribution in [0, 0.1) is 5.92 Å². The van der Waals surface area contributed by atoms with E-state index in [2.05, 4.69) is 49.4 Å². The maximum absolute atomic E-state index is 6.74.